The minimum absolute atomic E-state index is 0.205. The molecule has 4 heteroatoms. The quantitative estimate of drug-likeness (QED) is 0.926. The fourth-order valence-electron chi connectivity index (χ4n) is 2.82. The summed E-state index contributed by atoms with van der Waals surface area (Å²) in [7, 11) is 0. The number of anilines is 1. The molecular formula is C17H24N2OS. The van der Waals surface area contributed by atoms with Crippen molar-refractivity contribution >= 4 is 23.4 Å². The Morgan fingerprint density at radius 1 is 1.33 bits per heavy atom. The van der Waals surface area contributed by atoms with Crippen LogP contribution in [0.15, 0.2) is 18.2 Å². The molecule has 1 aromatic rings. The van der Waals surface area contributed by atoms with Crippen LogP contribution >= 0.6 is 11.8 Å². The number of hydrogen-bond donors (Lipinski definition) is 1. The molecule has 1 amide bonds. The first kappa shape index (κ1) is 14.9. The van der Waals surface area contributed by atoms with Crippen LogP contribution in [0.1, 0.15) is 30.4 Å². The van der Waals surface area contributed by atoms with Crippen molar-refractivity contribution in [3.05, 3.63) is 29.3 Å². The Kier molecular flexibility index (Phi) is 4.86. The second-order valence-corrected chi connectivity index (χ2v) is 7.38. The molecule has 1 saturated carbocycles. The van der Waals surface area contributed by atoms with Crippen LogP contribution in [-0.2, 0) is 11.3 Å². The largest absolute Gasteiger partial charge is 0.326 e. The van der Waals surface area contributed by atoms with Crippen LogP contribution in [0.3, 0.4) is 0 Å². The molecule has 21 heavy (non-hydrogen) atoms. The first-order valence-electron chi connectivity index (χ1n) is 7.93. The van der Waals surface area contributed by atoms with Crippen molar-refractivity contribution in [1.29, 1.82) is 0 Å². The van der Waals surface area contributed by atoms with E-state index in [1.54, 1.807) is 0 Å². The Balaban J connectivity index is 1.65. The van der Waals surface area contributed by atoms with Gasteiger partial charge in [0.05, 0.1) is 0 Å². The van der Waals surface area contributed by atoms with Crippen LogP contribution in [0.25, 0.3) is 0 Å². The van der Waals surface area contributed by atoms with Gasteiger partial charge in [0.1, 0.15) is 0 Å². The maximum atomic E-state index is 12.1. The Morgan fingerprint density at radius 2 is 2.10 bits per heavy atom. The average Bonchev–Trinajstić information content (AvgIpc) is 2.42. The summed E-state index contributed by atoms with van der Waals surface area (Å²) >= 11 is 2.04. The lowest BCUT2D eigenvalue weighted by Gasteiger charge is -2.27. The van der Waals surface area contributed by atoms with Crippen LogP contribution in [0.5, 0.6) is 0 Å². The van der Waals surface area contributed by atoms with E-state index < -0.39 is 0 Å². The number of thioether (sulfide) groups is 1. The molecule has 2 fully saturated rings. The molecule has 1 aliphatic heterocycles. The molecule has 0 radical (unpaired) electrons. The number of amides is 1. The highest BCUT2D eigenvalue weighted by atomic mass is 32.2. The topological polar surface area (TPSA) is 32.3 Å². The van der Waals surface area contributed by atoms with Crippen LogP contribution < -0.4 is 5.32 Å². The van der Waals surface area contributed by atoms with Gasteiger partial charge in [0, 0.05) is 42.7 Å². The van der Waals surface area contributed by atoms with Gasteiger partial charge in [-0.15, -0.1) is 0 Å². The van der Waals surface area contributed by atoms with Crippen LogP contribution in [0, 0.1) is 12.8 Å². The van der Waals surface area contributed by atoms with Crippen LogP contribution in [-0.4, -0.2) is 35.4 Å². The van der Waals surface area contributed by atoms with Gasteiger partial charge in [0.25, 0.3) is 0 Å². The second-order valence-electron chi connectivity index (χ2n) is 6.15. The number of nitrogens with zero attached hydrogens (tertiary/aromatic N) is 1. The molecule has 0 spiro atoms. The first-order chi connectivity index (χ1) is 10.2. The Hall–Kier alpha value is -1.00. The molecule has 2 aliphatic rings. The van der Waals surface area contributed by atoms with Gasteiger partial charge in [-0.05, 0) is 37.0 Å². The van der Waals surface area contributed by atoms with E-state index in [0.29, 0.717) is 0 Å². The molecule has 0 aromatic heterocycles. The molecule has 1 saturated heterocycles. The summed E-state index contributed by atoms with van der Waals surface area (Å²) in [5.41, 5.74) is 3.45. The van der Waals surface area contributed by atoms with Gasteiger partial charge in [-0.1, -0.05) is 18.6 Å². The fourth-order valence-corrected chi connectivity index (χ4v) is 3.80. The van der Waals surface area contributed by atoms with Gasteiger partial charge in [-0.2, -0.15) is 11.8 Å². The molecule has 3 rings (SSSR count). The third-order valence-corrected chi connectivity index (χ3v) is 5.49. The van der Waals surface area contributed by atoms with Gasteiger partial charge >= 0.3 is 0 Å². The number of carbonyl (C=O) groups excluding carboxylic acids is 1. The predicted octanol–water partition coefficient (Wildman–Crippen LogP) is 3.28. The van der Waals surface area contributed by atoms with Gasteiger partial charge in [-0.25, -0.2) is 0 Å². The lowest BCUT2D eigenvalue weighted by atomic mass is 9.85. The zero-order valence-corrected chi connectivity index (χ0v) is 13.5. The van der Waals surface area contributed by atoms with Gasteiger partial charge in [0.15, 0.2) is 0 Å². The molecule has 3 nitrogen and oxygen atoms in total. The Bertz CT molecular complexity index is 508. The Morgan fingerprint density at radius 3 is 2.76 bits per heavy atom. The second kappa shape index (κ2) is 6.84. The van der Waals surface area contributed by atoms with Crippen molar-refractivity contribution < 1.29 is 4.79 Å². The number of nitrogens with one attached hydrogen (secondary N) is 1. The highest BCUT2D eigenvalue weighted by Crippen LogP contribution is 2.28. The van der Waals surface area contributed by atoms with Crippen molar-refractivity contribution in [2.75, 3.05) is 29.9 Å². The summed E-state index contributed by atoms with van der Waals surface area (Å²) in [4.78, 5) is 14.6. The van der Waals surface area contributed by atoms with E-state index in [1.165, 1.54) is 36.6 Å². The van der Waals surface area contributed by atoms with Crippen molar-refractivity contribution in [2.24, 2.45) is 5.92 Å². The normalized spacial score (nSPS) is 20.0. The van der Waals surface area contributed by atoms with E-state index in [9.17, 15) is 4.79 Å². The van der Waals surface area contributed by atoms with Crippen molar-refractivity contribution in [2.45, 2.75) is 32.7 Å². The summed E-state index contributed by atoms with van der Waals surface area (Å²) in [6.45, 7) is 5.40. The minimum Gasteiger partial charge on any atom is -0.326 e. The molecular weight excluding hydrogens is 280 g/mol. The molecule has 1 aromatic carbocycles. The maximum Gasteiger partial charge on any atom is 0.227 e. The fraction of sp³-hybridized carbons (Fsp3) is 0.588. The Labute approximate surface area is 131 Å². The predicted molar refractivity (Wildman–Crippen MR) is 89.8 cm³/mol. The summed E-state index contributed by atoms with van der Waals surface area (Å²) < 4.78 is 0. The van der Waals surface area contributed by atoms with E-state index in [1.807, 2.05) is 11.8 Å². The highest BCUT2D eigenvalue weighted by Gasteiger charge is 2.25. The first-order valence-corrected chi connectivity index (χ1v) is 9.08. The van der Waals surface area contributed by atoms with Crippen molar-refractivity contribution in [3.63, 3.8) is 0 Å². The molecule has 0 unspecified atom stereocenters. The average molecular weight is 304 g/mol. The van der Waals surface area contributed by atoms with E-state index >= 15 is 0 Å². The van der Waals surface area contributed by atoms with Crippen LogP contribution in [0.4, 0.5) is 5.69 Å². The van der Waals surface area contributed by atoms with E-state index in [4.69, 9.17) is 0 Å². The number of carbonyl (C=O) groups is 1. The smallest absolute Gasteiger partial charge is 0.227 e. The number of benzene rings is 1. The molecule has 1 heterocycles. The standard InChI is InChI=1S/C17H24N2OS/c1-13-5-6-14(12-19-7-9-21-10-8-19)11-16(13)18-17(20)15-3-2-4-15/h5-6,11,15H,2-4,7-10,12H2,1H3,(H,18,20). The maximum absolute atomic E-state index is 12.1. The molecule has 1 aliphatic carbocycles. The molecule has 0 bridgehead atoms. The lowest BCUT2D eigenvalue weighted by Crippen LogP contribution is -2.32. The van der Waals surface area contributed by atoms with Crippen molar-refractivity contribution in [1.82, 2.24) is 4.90 Å². The zero-order chi connectivity index (χ0) is 14.7. The zero-order valence-electron chi connectivity index (χ0n) is 12.7. The van der Waals surface area contributed by atoms with Crippen LogP contribution in [0.2, 0.25) is 0 Å². The molecule has 0 atom stereocenters. The van der Waals surface area contributed by atoms with Gasteiger partial charge in [-0.3, -0.25) is 9.69 Å². The monoisotopic (exact) mass is 304 g/mol. The minimum atomic E-state index is 0.205. The van der Waals surface area contributed by atoms with Crippen molar-refractivity contribution in [3.8, 4) is 0 Å². The number of hydrogen-bond acceptors (Lipinski definition) is 3. The summed E-state index contributed by atoms with van der Waals surface area (Å²) in [5.74, 6) is 2.91. The third-order valence-electron chi connectivity index (χ3n) is 4.55. The SMILES string of the molecule is Cc1ccc(CN2CCSCC2)cc1NC(=O)C1CCC1. The van der Waals surface area contributed by atoms with Gasteiger partial charge in [0.2, 0.25) is 5.91 Å². The van der Waals surface area contributed by atoms with E-state index in [2.05, 4.69) is 35.3 Å². The number of rotatable bonds is 4. The molecule has 1 N–H and O–H groups in total. The number of aryl methyl sites for hydroxylation is 1. The summed E-state index contributed by atoms with van der Waals surface area (Å²) in [6, 6.07) is 6.48. The van der Waals surface area contributed by atoms with Gasteiger partial charge < -0.3 is 5.32 Å². The molecule has 114 valence electrons. The summed E-state index contributed by atoms with van der Waals surface area (Å²) in [6.07, 6.45) is 3.30. The summed E-state index contributed by atoms with van der Waals surface area (Å²) in [5, 5.41) is 3.13. The van der Waals surface area contributed by atoms with E-state index in [0.717, 1.165) is 30.6 Å². The highest BCUT2D eigenvalue weighted by molar-refractivity contribution is 7.99. The lowest BCUT2D eigenvalue weighted by molar-refractivity contribution is -0.122. The third kappa shape index (κ3) is 3.80. The van der Waals surface area contributed by atoms with E-state index in [-0.39, 0.29) is 11.8 Å².